The number of hydrogen-bond acceptors (Lipinski definition) is 3. The highest BCUT2D eigenvalue weighted by Crippen LogP contribution is 2.27. The second-order valence-electron chi connectivity index (χ2n) is 4.60. The number of carbonyl (C=O) groups excluding carboxylic acids is 1. The molecule has 0 radical (unpaired) electrons. The SMILES string of the molecule is O=C(CCc1ccc(Cl)cc1)Nc1ccc([N+](=O)[O-])cc1Br. The lowest BCUT2D eigenvalue weighted by Crippen LogP contribution is -2.12. The molecule has 7 heteroatoms. The number of nitro groups is 1. The van der Waals surface area contributed by atoms with Crippen LogP contribution in [0.3, 0.4) is 0 Å². The summed E-state index contributed by atoms with van der Waals surface area (Å²) in [5.74, 6) is -0.162. The van der Waals surface area contributed by atoms with Crippen LogP contribution in [0.25, 0.3) is 0 Å². The fraction of sp³-hybridized carbons (Fsp3) is 0.133. The number of carbonyl (C=O) groups is 1. The number of amides is 1. The zero-order valence-corrected chi connectivity index (χ0v) is 13.7. The quantitative estimate of drug-likeness (QED) is 0.606. The number of benzene rings is 2. The lowest BCUT2D eigenvalue weighted by atomic mass is 10.1. The third-order valence-electron chi connectivity index (χ3n) is 2.99. The summed E-state index contributed by atoms with van der Waals surface area (Å²) in [6, 6.07) is 11.5. The molecule has 0 aliphatic rings. The van der Waals surface area contributed by atoms with E-state index in [1.54, 1.807) is 12.1 Å². The summed E-state index contributed by atoms with van der Waals surface area (Å²) in [5.41, 5.74) is 1.49. The van der Waals surface area contributed by atoms with Gasteiger partial charge in [0.2, 0.25) is 5.91 Å². The molecule has 1 amide bonds. The lowest BCUT2D eigenvalue weighted by molar-refractivity contribution is -0.384. The Balaban J connectivity index is 1.94. The summed E-state index contributed by atoms with van der Waals surface area (Å²) < 4.78 is 0.474. The van der Waals surface area contributed by atoms with Crippen molar-refractivity contribution in [2.45, 2.75) is 12.8 Å². The monoisotopic (exact) mass is 382 g/mol. The highest BCUT2D eigenvalue weighted by atomic mass is 79.9. The van der Waals surface area contributed by atoms with Crippen molar-refractivity contribution in [1.29, 1.82) is 0 Å². The largest absolute Gasteiger partial charge is 0.325 e. The van der Waals surface area contributed by atoms with E-state index in [2.05, 4.69) is 21.2 Å². The van der Waals surface area contributed by atoms with Gasteiger partial charge in [0.05, 0.1) is 10.6 Å². The molecule has 0 atom stereocenters. The maximum absolute atomic E-state index is 11.9. The Bertz CT molecular complexity index is 704. The number of nitrogens with one attached hydrogen (secondary N) is 1. The number of nitro benzene ring substituents is 1. The summed E-state index contributed by atoms with van der Waals surface area (Å²) in [6.45, 7) is 0. The third kappa shape index (κ3) is 4.54. The van der Waals surface area contributed by atoms with Crippen LogP contribution in [0.4, 0.5) is 11.4 Å². The summed E-state index contributed by atoms with van der Waals surface area (Å²) >= 11 is 9.02. The Morgan fingerprint density at radius 1 is 1.23 bits per heavy atom. The Morgan fingerprint density at radius 3 is 2.50 bits per heavy atom. The molecule has 2 aromatic carbocycles. The molecule has 5 nitrogen and oxygen atoms in total. The van der Waals surface area contributed by atoms with E-state index >= 15 is 0 Å². The molecule has 0 heterocycles. The van der Waals surface area contributed by atoms with Crippen LogP contribution in [-0.4, -0.2) is 10.8 Å². The number of nitrogens with zero attached hydrogens (tertiary/aromatic N) is 1. The molecule has 114 valence electrons. The smallest absolute Gasteiger partial charge is 0.270 e. The molecule has 0 bridgehead atoms. The minimum absolute atomic E-state index is 0.0361. The molecule has 0 aliphatic heterocycles. The van der Waals surface area contributed by atoms with Gasteiger partial charge in [-0.15, -0.1) is 0 Å². The van der Waals surface area contributed by atoms with Crippen LogP contribution >= 0.6 is 27.5 Å². The van der Waals surface area contributed by atoms with Crippen molar-refractivity contribution in [3.63, 3.8) is 0 Å². The van der Waals surface area contributed by atoms with Gasteiger partial charge in [0.1, 0.15) is 0 Å². The van der Waals surface area contributed by atoms with Gasteiger partial charge in [0.25, 0.3) is 5.69 Å². The van der Waals surface area contributed by atoms with Gasteiger partial charge < -0.3 is 5.32 Å². The van der Waals surface area contributed by atoms with Gasteiger partial charge in [-0.05, 0) is 46.1 Å². The number of anilines is 1. The Labute approximate surface area is 140 Å². The first-order valence-electron chi connectivity index (χ1n) is 6.44. The molecule has 0 saturated carbocycles. The van der Waals surface area contributed by atoms with Crippen LogP contribution < -0.4 is 5.32 Å². The maximum Gasteiger partial charge on any atom is 0.270 e. The van der Waals surface area contributed by atoms with Gasteiger partial charge in [-0.3, -0.25) is 14.9 Å². The standard InChI is InChI=1S/C15H12BrClN2O3/c16-13-9-12(19(21)22)6-7-14(13)18-15(20)8-3-10-1-4-11(17)5-2-10/h1-2,4-7,9H,3,8H2,(H,18,20). The zero-order chi connectivity index (χ0) is 16.1. The topological polar surface area (TPSA) is 72.2 Å². The second kappa shape index (κ2) is 7.38. The first-order valence-corrected chi connectivity index (χ1v) is 7.61. The van der Waals surface area contributed by atoms with E-state index in [1.165, 1.54) is 18.2 Å². The summed E-state index contributed by atoms with van der Waals surface area (Å²) in [6.07, 6.45) is 0.901. The Morgan fingerprint density at radius 2 is 1.91 bits per heavy atom. The van der Waals surface area contributed by atoms with Crippen molar-refractivity contribution in [2.24, 2.45) is 0 Å². The fourth-order valence-electron chi connectivity index (χ4n) is 1.84. The summed E-state index contributed by atoms with van der Waals surface area (Å²) in [5, 5.41) is 14.0. The van der Waals surface area contributed by atoms with Gasteiger partial charge in [-0.2, -0.15) is 0 Å². The van der Waals surface area contributed by atoms with Crippen LogP contribution in [0, 0.1) is 10.1 Å². The van der Waals surface area contributed by atoms with E-state index in [1.807, 2.05) is 12.1 Å². The number of halogens is 2. The van der Waals surface area contributed by atoms with E-state index in [-0.39, 0.29) is 11.6 Å². The highest BCUT2D eigenvalue weighted by molar-refractivity contribution is 9.10. The molecular weight excluding hydrogens is 372 g/mol. The molecule has 2 aromatic rings. The van der Waals surface area contributed by atoms with Gasteiger partial charge in [0, 0.05) is 28.0 Å². The van der Waals surface area contributed by atoms with Crippen molar-refractivity contribution in [3.05, 3.63) is 67.6 Å². The minimum atomic E-state index is -0.489. The predicted octanol–water partition coefficient (Wildman–Crippen LogP) is 4.58. The average Bonchev–Trinajstić information content (AvgIpc) is 2.48. The Kier molecular flexibility index (Phi) is 5.51. The van der Waals surface area contributed by atoms with E-state index < -0.39 is 4.92 Å². The Hall–Kier alpha value is -1.92. The zero-order valence-electron chi connectivity index (χ0n) is 11.4. The number of rotatable bonds is 5. The van der Waals surface area contributed by atoms with Crippen molar-refractivity contribution in [2.75, 3.05) is 5.32 Å². The predicted molar refractivity (Wildman–Crippen MR) is 89.2 cm³/mol. The molecule has 0 spiro atoms. The third-order valence-corrected chi connectivity index (χ3v) is 3.90. The van der Waals surface area contributed by atoms with Crippen LogP contribution in [-0.2, 0) is 11.2 Å². The maximum atomic E-state index is 11.9. The van der Waals surface area contributed by atoms with Gasteiger partial charge in [-0.25, -0.2) is 0 Å². The first kappa shape index (κ1) is 16.5. The van der Waals surface area contributed by atoms with Crippen LogP contribution in [0.15, 0.2) is 46.9 Å². The van der Waals surface area contributed by atoms with Crippen LogP contribution in [0.5, 0.6) is 0 Å². The fourth-order valence-corrected chi connectivity index (χ4v) is 2.43. The summed E-state index contributed by atoms with van der Waals surface area (Å²) in [7, 11) is 0. The molecule has 0 saturated heterocycles. The van der Waals surface area contributed by atoms with Gasteiger partial charge in [0.15, 0.2) is 0 Å². The van der Waals surface area contributed by atoms with Gasteiger partial charge >= 0.3 is 0 Å². The average molecular weight is 384 g/mol. The van der Waals surface area contributed by atoms with E-state index in [9.17, 15) is 14.9 Å². The van der Waals surface area contributed by atoms with Crippen molar-refractivity contribution in [1.82, 2.24) is 0 Å². The lowest BCUT2D eigenvalue weighted by Gasteiger charge is -2.07. The summed E-state index contributed by atoms with van der Waals surface area (Å²) in [4.78, 5) is 22.1. The van der Waals surface area contributed by atoms with Gasteiger partial charge in [-0.1, -0.05) is 23.7 Å². The number of aryl methyl sites for hydroxylation is 1. The minimum Gasteiger partial charge on any atom is -0.325 e. The second-order valence-corrected chi connectivity index (χ2v) is 5.89. The molecule has 0 fully saturated rings. The normalized spacial score (nSPS) is 10.3. The van der Waals surface area contributed by atoms with E-state index in [4.69, 9.17) is 11.6 Å². The molecule has 22 heavy (non-hydrogen) atoms. The van der Waals surface area contributed by atoms with Crippen molar-refractivity contribution < 1.29 is 9.72 Å². The van der Waals surface area contributed by atoms with E-state index in [0.29, 0.717) is 28.0 Å². The first-order chi connectivity index (χ1) is 10.5. The molecule has 0 aliphatic carbocycles. The molecular formula is C15H12BrClN2O3. The van der Waals surface area contributed by atoms with Crippen LogP contribution in [0.2, 0.25) is 5.02 Å². The van der Waals surface area contributed by atoms with Crippen molar-refractivity contribution in [3.8, 4) is 0 Å². The molecule has 1 N–H and O–H groups in total. The van der Waals surface area contributed by atoms with E-state index in [0.717, 1.165) is 5.56 Å². The van der Waals surface area contributed by atoms with Crippen LogP contribution in [0.1, 0.15) is 12.0 Å². The number of non-ortho nitro benzene ring substituents is 1. The highest BCUT2D eigenvalue weighted by Gasteiger charge is 2.11. The molecule has 0 unspecified atom stereocenters. The van der Waals surface area contributed by atoms with Crippen molar-refractivity contribution >= 4 is 44.8 Å². The molecule has 2 rings (SSSR count). The number of hydrogen-bond donors (Lipinski definition) is 1. The molecule has 0 aromatic heterocycles.